The Morgan fingerprint density at radius 3 is 2.95 bits per heavy atom. The number of nitrogens with two attached hydrogens (primary N) is 1. The molecule has 4 nitrogen and oxygen atoms in total. The summed E-state index contributed by atoms with van der Waals surface area (Å²) < 4.78 is 0.875. The predicted octanol–water partition coefficient (Wildman–Crippen LogP) is 3.35. The minimum atomic E-state index is -0.0906. The number of anilines is 1. The normalized spacial score (nSPS) is 18.7. The van der Waals surface area contributed by atoms with Crippen LogP contribution in [0.4, 0.5) is 10.5 Å². The lowest BCUT2D eigenvalue weighted by molar-refractivity contribution is 0.182. The molecule has 1 aliphatic heterocycles. The third-order valence-corrected chi connectivity index (χ3v) is 4.15. The number of piperidine rings is 1. The molecule has 2 rings (SSSR count). The molecule has 1 fully saturated rings. The molecule has 2 amide bonds. The fourth-order valence-electron chi connectivity index (χ4n) is 2.40. The first-order valence-electron chi connectivity index (χ1n) is 6.62. The van der Waals surface area contributed by atoms with Gasteiger partial charge < -0.3 is 16.0 Å². The van der Waals surface area contributed by atoms with E-state index in [1.807, 2.05) is 17.0 Å². The van der Waals surface area contributed by atoms with Gasteiger partial charge in [0.2, 0.25) is 0 Å². The second-order valence-corrected chi connectivity index (χ2v) is 6.53. The zero-order valence-electron chi connectivity index (χ0n) is 11.4. The van der Waals surface area contributed by atoms with Gasteiger partial charge in [-0.05, 0) is 37.0 Å². The van der Waals surface area contributed by atoms with Crippen LogP contribution in [0.25, 0.3) is 0 Å². The Kier molecular flexibility index (Phi) is 4.99. The van der Waals surface area contributed by atoms with Crippen LogP contribution >= 0.6 is 28.1 Å². The monoisotopic (exact) mass is 355 g/mol. The first-order valence-corrected chi connectivity index (χ1v) is 7.83. The van der Waals surface area contributed by atoms with Crippen molar-refractivity contribution in [2.75, 3.05) is 18.4 Å². The number of likely N-dealkylation sites (tertiary alicyclic amines) is 1. The molecule has 1 atom stereocenters. The molecule has 0 aromatic heterocycles. The molecule has 108 valence electrons. The molecule has 0 radical (unpaired) electrons. The molecule has 1 aromatic rings. The van der Waals surface area contributed by atoms with E-state index in [9.17, 15) is 4.79 Å². The first-order chi connectivity index (χ1) is 9.47. The Morgan fingerprint density at radius 2 is 2.30 bits per heavy atom. The van der Waals surface area contributed by atoms with Gasteiger partial charge in [-0.1, -0.05) is 35.1 Å². The molecule has 3 N–H and O–H groups in total. The lowest BCUT2D eigenvalue weighted by Crippen LogP contribution is -2.41. The second-order valence-electron chi connectivity index (χ2n) is 5.18. The lowest BCUT2D eigenvalue weighted by Gasteiger charge is -2.31. The molecule has 1 saturated heterocycles. The Labute approximate surface area is 132 Å². The van der Waals surface area contributed by atoms with Gasteiger partial charge in [0.15, 0.2) is 0 Å². The summed E-state index contributed by atoms with van der Waals surface area (Å²) in [5, 5.41) is 2.91. The number of rotatable bonds is 2. The summed E-state index contributed by atoms with van der Waals surface area (Å²) in [6, 6.07) is 5.39. The molecule has 20 heavy (non-hydrogen) atoms. The number of nitrogens with zero attached hydrogens (tertiary/aromatic N) is 1. The summed E-state index contributed by atoms with van der Waals surface area (Å²) in [6.07, 6.45) is 2.23. The van der Waals surface area contributed by atoms with Gasteiger partial charge in [0, 0.05) is 23.1 Å². The van der Waals surface area contributed by atoms with Crippen molar-refractivity contribution in [1.82, 2.24) is 4.90 Å². The summed E-state index contributed by atoms with van der Waals surface area (Å²) in [4.78, 5) is 14.4. The summed E-state index contributed by atoms with van der Waals surface area (Å²) >= 11 is 8.41. The van der Waals surface area contributed by atoms with E-state index in [0.717, 1.165) is 24.0 Å². The summed E-state index contributed by atoms with van der Waals surface area (Å²) in [7, 11) is 0. The molecule has 1 aliphatic rings. The largest absolute Gasteiger partial charge is 0.389 e. The third-order valence-electron chi connectivity index (χ3n) is 3.43. The molecule has 1 heterocycles. The van der Waals surface area contributed by atoms with Gasteiger partial charge in [-0.25, -0.2) is 4.79 Å². The summed E-state index contributed by atoms with van der Waals surface area (Å²) in [5.41, 5.74) is 7.02. The fraction of sp³-hybridized carbons (Fsp3) is 0.429. The van der Waals surface area contributed by atoms with Crippen LogP contribution in [0.5, 0.6) is 0 Å². The Bertz CT molecular complexity index is 535. The molecule has 0 bridgehead atoms. The highest BCUT2D eigenvalue weighted by molar-refractivity contribution is 9.10. The minimum absolute atomic E-state index is 0.0906. The second kappa shape index (κ2) is 6.54. The van der Waals surface area contributed by atoms with Crippen molar-refractivity contribution >= 4 is 44.9 Å². The van der Waals surface area contributed by atoms with Gasteiger partial charge in [0.05, 0.1) is 5.69 Å². The van der Waals surface area contributed by atoms with Gasteiger partial charge in [0.1, 0.15) is 4.99 Å². The van der Waals surface area contributed by atoms with Crippen LogP contribution in [-0.4, -0.2) is 29.0 Å². The van der Waals surface area contributed by atoms with Crippen LogP contribution in [0, 0.1) is 5.92 Å². The zero-order chi connectivity index (χ0) is 14.7. The van der Waals surface area contributed by atoms with Crippen LogP contribution in [0.1, 0.15) is 25.3 Å². The van der Waals surface area contributed by atoms with Gasteiger partial charge in [-0.2, -0.15) is 0 Å². The molecule has 1 unspecified atom stereocenters. The number of carbonyl (C=O) groups is 1. The molecular formula is C14H18BrN3OS. The topological polar surface area (TPSA) is 58.4 Å². The Hall–Kier alpha value is -1.14. The molecule has 0 aliphatic carbocycles. The Morgan fingerprint density at radius 1 is 1.55 bits per heavy atom. The van der Waals surface area contributed by atoms with E-state index in [4.69, 9.17) is 18.0 Å². The van der Waals surface area contributed by atoms with Crippen LogP contribution in [0.2, 0.25) is 0 Å². The van der Waals surface area contributed by atoms with E-state index in [1.54, 1.807) is 6.07 Å². The number of benzene rings is 1. The number of hydrogen-bond acceptors (Lipinski definition) is 2. The fourth-order valence-corrected chi connectivity index (χ4v) is 2.94. The molecule has 0 spiro atoms. The van der Waals surface area contributed by atoms with Crippen molar-refractivity contribution < 1.29 is 4.79 Å². The maximum atomic E-state index is 12.3. The highest BCUT2D eigenvalue weighted by Crippen LogP contribution is 2.23. The van der Waals surface area contributed by atoms with E-state index in [0.29, 0.717) is 17.2 Å². The van der Waals surface area contributed by atoms with E-state index in [1.165, 1.54) is 6.42 Å². The lowest BCUT2D eigenvalue weighted by atomic mass is 10.0. The van der Waals surface area contributed by atoms with E-state index in [2.05, 4.69) is 28.2 Å². The first kappa shape index (κ1) is 15.3. The van der Waals surface area contributed by atoms with Crippen LogP contribution < -0.4 is 11.1 Å². The summed E-state index contributed by atoms with van der Waals surface area (Å²) in [6.45, 7) is 3.76. The summed E-state index contributed by atoms with van der Waals surface area (Å²) in [5.74, 6) is 0.548. The molecular weight excluding hydrogens is 338 g/mol. The van der Waals surface area contributed by atoms with Gasteiger partial charge in [-0.3, -0.25) is 0 Å². The highest BCUT2D eigenvalue weighted by Gasteiger charge is 2.21. The SMILES string of the molecule is CC1CCCN(C(=O)Nc2cc(Br)ccc2C(N)=S)C1. The minimum Gasteiger partial charge on any atom is -0.389 e. The van der Waals surface area contributed by atoms with Gasteiger partial charge in [0.25, 0.3) is 0 Å². The van der Waals surface area contributed by atoms with Crippen molar-refractivity contribution in [3.63, 3.8) is 0 Å². The molecule has 1 aromatic carbocycles. The van der Waals surface area contributed by atoms with Crippen LogP contribution in [0.3, 0.4) is 0 Å². The number of nitrogens with one attached hydrogen (secondary N) is 1. The number of halogens is 1. The standard InChI is InChI=1S/C14H18BrN3OS/c1-9-3-2-6-18(8-9)14(19)17-12-7-10(15)4-5-11(12)13(16)20/h4-5,7,9H,2-3,6,8H2,1H3,(H2,16,20)(H,17,19). The maximum absolute atomic E-state index is 12.3. The van der Waals surface area contributed by atoms with Gasteiger partial charge in [-0.15, -0.1) is 0 Å². The van der Waals surface area contributed by atoms with E-state index < -0.39 is 0 Å². The number of urea groups is 1. The number of hydrogen-bond donors (Lipinski definition) is 2. The number of carbonyl (C=O) groups excluding carboxylic acids is 1. The molecule has 6 heteroatoms. The quantitative estimate of drug-likeness (QED) is 0.799. The van der Waals surface area contributed by atoms with Crippen molar-refractivity contribution in [3.8, 4) is 0 Å². The van der Waals surface area contributed by atoms with Gasteiger partial charge >= 0.3 is 6.03 Å². The smallest absolute Gasteiger partial charge is 0.321 e. The van der Waals surface area contributed by atoms with E-state index in [-0.39, 0.29) is 11.0 Å². The number of thiocarbonyl (C=S) groups is 1. The van der Waals surface area contributed by atoms with Crippen LogP contribution in [0.15, 0.2) is 22.7 Å². The van der Waals surface area contributed by atoms with Crippen molar-refractivity contribution in [3.05, 3.63) is 28.2 Å². The maximum Gasteiger partial charge on any atom is 0.321 e. The van der Waals surface area contributed by atoms with Crippen molar-refractivity contribution in [2.45, 2.75) is 19.8 Å². The van der Waals surface area contributed by atoms with Crippen LogP contribution in [-0.2, 0) is 0 Å². The Balaban J connectivity index is 2.14. The zero-order valence-corrected chi connectivity index (χ0v) is 13.8. The third kappa shape index (κ3) is 3.70. The van der Waals surface area contributed by atoms with Crippen molar-refractivity contribution in [1.29, 1.82) is 0 Å². The molecule has 0 saturated carbocycles. The highest BCUT2D eigenvalue weighted by atomic mass is 79.9. The van der Waals surface area contributed by atoms with Crippen molar-refractivity contribution in [2.24, 2.45) is 11.7 Å². The average Bonchev–Trinajstić information content (AvgIpc) is 2.38. The number of amides is 2. The predicted molar refractivity (Wildman–Crippen MR) is 89.0 cm³/mol. The van der Waals surface area contributed by atoms with E-state index >= 15 is 0 Å². The average molecular weight is 356 g/mol.